The first-order valence-electron chi connectivity index (χ1n) is 9.97. The zero-order valence-electron chi connectivity index (χ0n) is 17.2. The minimum atomic E-state index is -2.34. The van der Waals surface area contributed by atoms with Gasteiger partial charge >= 0.3 is 0 Å². The number of carbonyl (C=O) groups excluding carboxylic acids is 1. The summed E-state index contributed by atoms with van der Waals surface area (Å²) in [6.45, 7) is 6.30. The number of halogens is 2. The molecule has 0 atom stereocenters. The molecule has 0 saturated carbocycles. The number of nitrogens with one attached hydrogen (secondary N) is 1. The molecule has 1 saturated heterocycles. The second kappa shape index (κ2) is 8.14. The Morgan fingerprint density at radius 1 is 1.27 bits per heavy atom. The Morgan fingerprint density at radius 3 is 2.63 bits per heavy atom. The molecule has 9 heteroatoms. The van der Waals surface area contributed by atoms with E-state index in [9.17, 15) is 13.6 Å². The van der Waals surface area contributed by atoms with Crippen molar-refractivity contribution in [3.63, 3.8) is 0 Å². The summed E-state index contributed by atoms with van der Waals surface area (Å²) in [4.78, 5) is 19.4. The van der Waals surface area contributed by atoms with Crippen LogP contribution in [0.1, 0.15) is 40.4 Å². The number of fused-ring (bicyclic) bond motifs is 1. The number of aromatic nitrogens is 2. The third-order valence-corrected chi connectivity index (χ3v) is 5.50. The zero-order valence-corrected chi connectivity index (χ0v) is 17.2. The summed E-state index contributed by atoms with van der Waals surface area (Å²) >= 11 is 0. The second-order valence-electron chi connectivity index (χ2n) is 7.77. The van der Waals surface area contributed by atoms with Gasteiger partial charge in [0.25, 0.3) is 18.0 Å². The van der Waals surface area contributed by atoms with Gasteiger partial charge in [0.2, 0.25) is 0 Å². The van der Waals surface area contributed by atoms with Gasteiger partial charge in [-0.05, 0) is 45.7 Å². The fourth-order valence-corrected chi connectivity index (χ4v) is 4.02. The number of furan rings is 1. The number of pyridine rings is 1. The van der Waals surface area contributed by atoms with Gasteiger partial charge in [-0.15, -0.1) is 0 Å². The lowest BCUT2D eigenvalue weighted by molar-refractivity contribution is 0.0696. The maximum atomic E-state index is 13.1. The molecule has 0 radical (unpaired) electrons. The van der Waals surface area contributed by atoms with Crippen LogP contribution in [-0.2, 0) is 0 Å². The molecule has 1 amide bonds. The predicted molar refractivity (Wildman–Crippen MR) is 107 cm³/mol. The van der Waals surface area contributed by atoms with Crippen LogP contribution in [0.25, 0.3) is 22.4 Å². The standard InChI is InChI=1S/C21H24F2N4O3/c1-11-8-15(13(3)29-11)17-9-16(19-12(2)26-30-21(19)25-17)20(28)24-14-4-6-27(7-5-14)10-18(22)23/h8-9,14,18H,4-7,10H2,1-3H3,(H,24,28). The number of amides is 1. The molecule has 3 aromatic rings. The SMILES string of the molecule is Cc1cc(-c2cc(C(=O)NC3CCN(CC(F)F)CC3)c3c(C)noc3n2)c(C)o1. The van der Waals surface area contributed by atoms with Crippen LogP contribution in [0.4, 0.5) is 8.78 Å². The number of aryl methyl sites for hydroxylation is 3. The molecule has 0 aliphatic carbocycles. The molecule has 1 aliphatic heterocycles. The smallest absolute Gasteiger partial charge is 0.259 e. The molecular weight excluding hydrogens is 394 g/mol. The number of alkyl halides is 2. The minimum Gasteiger partial charge on any atom is -0.466 e. The molecule has 1 N–H and O–H groups in total. The molecule has 30 heavy (non-hydrogen) atoms. The Morgan fingerprint density at radius 2 is 2.00 bits per heavy atom. The largest absolute Gasteiger partial charge is 0.466 e. The number of nitrogens with zero attached hydrogens (tertiary/aromatic N) is 3. The average Bonchev–Trinajstić information content (AvgIpc) is 3.23. The molecule has 0 bridgehead atoms. The van der Waals surface area contributed by atoms with Gasteiger partial charge in [0, 0.05) is 24.7 Å². The monoisotopic (exact) mass is 418 g/mol. The van der Waals surface area contributed by atoms with E-state index >= 15 is 0 Å². The maximum absolute atomic E-state index is 13.1. The van der Waals surface area contributed by atoms with Crippen molar-refractivity contribution in [3.8, 4) is 11.3 Å². The van der Waals surface area contributed by atoms with E-state index in [0.717, 1.165) is 11.3 Å². The van der Waals surface area contributed by atoms with Gasteiger partial charge in [0.1, 0.15) is 11.5 Å². The van der Waals surface area contributed by atoms with Crippen molar-refractivity contribution in [2.24, 2.45) is 0 Å². The predicted octanol–water partition coefficient (Wildman–Crippen LogP) is 3.87. The highest BCUT2D eigenvalue weighted by atomic mass is 19.3. The number of hydrogen-bond acceptors (Lipinski definition) is 6. The van der Waals surface area contributed by atoms with E-state index in [-0.39, 0.29) is 18.5 Å². The van der Waals surface area contributed by atoms with Gasteiger partial charge < -0.3 is 14.3 Å². The molecule has 4 heterocycles. The Kier molecular flexibility index (Phi) is 5.55. The van der Waals surface area contributed by atoms with E-state index in [1.54, 1.807) is 17.9 Å². The normalized spacial score (nSPS) is 15.9. The molecular formula is C21H24F2N4O3. The number of piperidine rings is 1. The lowest BCUT2D eigenvalue weighted by Gasteiger charge is -2.32. The number of carbonyl (C=O) groups is 1. The summed E-state index contributed by atoms with van der Waals surface area (Å²) in [5.41, 5.74) is 2.67. The average molecular weight is 418 g/mol. The summed E-state index contributed by atoms with van der Waals surface area (Å²) in [5, 5.41) is 7.58. The Bertz CT molecular complexity index is 1070. The molecule has 0 unspecified atom stereocenters. The lowest BCUT2D eigenvalue weighted by atomic mass is 10.0. The lowest BCUT2D eigenvalue weighted by Crippen LogP contribution is -2.45. The number of likely N-dealkylation sites (tertiary alicyclic amines) is 1. The van der Waals surface area contributed by atoms with Crippen LogP contribution in [0.2, 0.25) is 0 Å². The van der Waals surface area contributed by atoms with Crippen molar-refractivity contribution in [2.75, 3.05) is 19.6 Å². The van der Waals surface area contributed by atoms with Crippen LogP contribution in [0.5, 0.6) is 0 Å². The third-order valence-electron chi connectivity index (χ3n) is 5.50. The Balaban J connectivity index is 1.59. The van der Waals surface area contributed by atoms with Gasteiger partial charge in [-0.25, -0.2) is 13.8 Å². The van der Waals surface area contributed by atoms with E-state index in [1.165, 1.54) is 0 Å². The first-order chi connectivity index (χ1) is 14.3. The molecule has 4 rings (SSSR count). The molecule has 0 aromatic carbocycles. The minimum absolute atomic E-state index is 0.0730. The molecule has 160 valence electrons. The van der Waals surface area contributed by atoms with Gasteiger partial charge in [-0.1, -0.05) is 5.16 Å². The van der Waals surface area contributed by atoms with Crippen LogP contribution in [0.3, 0.4) is 0 Å². The van der Waals surface area contributed by atoms with Crippen LogP contribution >= 0.6 is 0 Å². The highest BCUT2D eigenvalue weighted by molar-refractivity contribution is 6.07. The summed E-state index contributed by atoms with van der Waals surface area (Å²) in [6.07, 6.45) is -1.09. The maximum Gasteiger partial charge on any atom is 0.259 e. The number of hydrogen-bond donors (Lipinski definition) is 1. The molecule has 1 fully saturated rings. The summed E-state index contributed by atoms with van der Waals surface area (Å²) in [6, 6.07) is 3.52. The van der Waals surface area contributed by atoms with Crippen molar-refractivity contribution in [1.82, 2.24) is 20.4 Å². The molecule has 7 nitrogen and oxygen atoms in total. The van der Waals surface area contributed by atoms with E-state index in [2.05, 4.69) is 15.5 Å². The number of rotatable bonds is 5. The molecule has 0 spiro atoms. The zero-order chi connectivity index (χ0) is 21.4. The fraction of sp³-hybridized carbons (Fsp3) is 0.476. The second-order valence-corrected chi connectivity index (χ2v) is 7.77. The van der Waals surface area contributed by atoms with Crippen molar-refractivity contribution >= 4 is 17.0 Å². The van der Waals surface area contributed by atoms with Crippen LogP contribution in [0.15, 0.2) is 21.1 Å². The summed E-state index contributed by atoms with van der Waals surface area (Å²) in [7, 11) is 0. The Labute approximate surface area is 172 Å². The first-order valence-corrected chi connectivity index (χ1v) is 9.97. The van der Waals surface area contributed by atoms with E-state index < -0.39 is 6.43 Å². The summed E-state index contributed by atoms with van der Waals surface area (Å²) in [5.74, 6) is 1.20. The van der Waals surface area contributed by atoms with Crippen LogP contribution < -0.4 is 5.32 Å². The van der Waals surface area contributed by atoms with Crippen LogP contribution in [-0.4, -0.2) is 53.0 Å². The van der Waals surface area contributed by atoms with Gasteiger partial charge in [-0.2, -0.15) is 0 Å². The Hall–Kier alpha value is -2.81. The third kappa shape index (κ3) is 4.07. The van der Waals surface area contributed by atoms with Gasteiger partial charge in [0.15, 0.2) is 0 Å². The topological polar surface area (TPSA) is 84.4 Å². The highest BCUT2D eigenvalue weighted by Gasteiger charge is 2.26. The quantitative estimate of drug-likeness (QED) is 0.677. The fourth-order valence-electron chi connectivity index (χ4n) is 4.02. The highest BCUT2D eigenvalue weighted by Crippen LogP contribution is 2.30. The van der Waals surface area contributed by atoms with Gasteiger partial charge in [0.05, 0.1) is 28.9 Å². The molecule has 1 aliphatic rings. The van der Waals surface area contributed by atoms with Crippen molar-refractivity contribution in [1.29, 1.82) is 0 Å². The van der Waals surface area contributed by atoms with E-state index in [4.69, 9.17) is 8.94 Å². The van der Waals surface area contributed by atoms with Crippen molar-refractivity contribution < 1.29 is 22.5 Å². The molecule has 3 aromatic heterocycles. The van der Waals surface area contributed by atoms with Crippen LogP contribution in [0, 0.1) is 20.8 Å². The first kappa shape index (κ1) is 20.5. The van der Waals surface area contributed by atoms with Crippen molar-refractivity contribution in [2.45, 2.75) is 46.1 Å². The van der Waals surface area contributed by atoms with Gasteiger partial charge in [-0.3, -0.25) is 9.69 Å². The van der Waals surface area contributed by atoms with E-state index in [0.29, 0.717) is 59.7 Å². The van der Waals surface area contributed by atoms with E-state index in [1.807, 2.05) is 19.9 Å². The summed E-state index contributed by atoms with van der Waals surface area (Å²) < 4.78 is 36.1. The van der Waals surface area contributed by atoms with Crippen molar-refractivity contribution in [3.05, 3.63) is 34.9 Å².